The molecule has 0 saturated heterocycles. The molecule has 1 aliphatic heterocycles. The van der Waals surface area contributed by atoms with E-state index in [1.165, 1.54) is 6.42 Å². The predicted molar refractivity (Wildman–Crippen MR) is 71.5 cm³/mol. The monoisotopic (exact) mass is 240 g/mol. The second kappa shape index (κ2) is 4.77. The van der Waals surface area contributed by atoms with Gasteiger partial charge in [-0.3, -0.25) is 4.57 Å². The zero-order chi connectivity index (χ0) is 12.4. The molecular weight excluding hydrogens is 224 g/mol. The summed E-state index contributed by atoms with van der Waals surface area (Å²) in [5, 5.41) is 0. The summed E-state index contributed by atoms with van der Waals surface area (Å²) in [6.45, 7) is 0.816. The predicted octanol–water partition coefficient (Wildman–Crippen LogP) is 2.64. The molecule has 1 aliphatic rings. The summed E-state index contributed by atoms with van der Waals surface area (Å²) in [4.78, 5) is 16.3. The molecule has 92 valence electrons. The molecule has 0 bridgehead atoms. The molecule has 3 nitrogen and oxygen atoms in total. The van der Waals surface area contributed by atoms with Crippen molar-refractivity contribution in [1.82, 2.24) is 9.55 Å². The van der Waals surface area contributed by atoms with Crippen molar-refractivity contribution in [2.45, 2.75) is 32.2 Å². The summed E-state index contributed by atoms with van der Waals surface area (Å²) in [6, 6.07) is 12.0. The number of fused-ring (bicyclic) bond motifs is 1. The Morgan fingerprint density at radius 2 is 1.89 bits per heavy atom. The SMILES string of the molecule is O=c1nc(-c2ccccc2)cc2n1CCCCC2. The molecule has 3 heteroatoms. The van der Waals surface area contributed by atoms with Crippen molar-refractivity contribution in [1.29, 1.82) is 0 Å². The largest absolute Gasteiger partial charge is 0.348 e. The molecule has 18 heavy (non-hydrogen) atoms. The van der Waals surface area contributed by atoms with E-state index in [0.29, 0.717) is 0 Å². The summed E-state index contributed by atoms with van der Waals surface area (Å²) in [5.41, 5.74) is 2.84. The lowest BCUT2D eigenvalue weighted by Gasteiger charge is -2.10. The molecule has 0 unspecified atom stereocenters. The van der Waals surface area contributed by atoms with E-state index in [9.17, 15) is 4.79 Å². The lowest BCUT2D eigenvalue weighted by atomic mass is 10.1. The van der Waals surface area contributed by atoms with Crippen LogP contribution in [0.1, 0.15) is 25.0 Å². The number of benzene rings is 1. The molecule has 0 amide bonds. The van der Waals surface area contributed by atoms with Crippen LogP contribution in [-0.4, -0.2) is 9.55 Å². The number of nitrogens with zero attached hydrogens (tertiary/aromatic N) is 2. The van der Waals surface area contributed by atoms with Crippen LogP contribution in [0.3, 0.4) is 0 Å². The van der Waals surface area contributed by atoms with Crippen LogP contribution in [0.25, 0.3) is 11.3 Å². The van der Waals surface area contributed by atoms with Crippen LogP contribution in [0, 0.1) is 0 Å². The fourth-order valence-electron chi connectivity index (χ4n) is 2.51. The number of rotatable bonds is 1. The quantitative estimate of drug-likeness (QED) is 0.768. The molecule has 1 aromatic carbocycles. The lowest BCUT2D eigenvalue weighted by molar-refractivity contribution is 0.605. The molecule has 3 rings (SSSR count). The Kier molecular flexibility index (Phi) is 2.97. The Morgan fingerprint density at radius 3 is 2.72 bits per heavy atom. The Balaban J connectivity index is 2.11. The van der Waals surface area contributed by atoms with Gasteiger partial charge in [0, 0.05) is 17.8 Å². The van der Waals surface area contributed by atoms with Crippen molar-refractivity contribution in [3.8, 4) is 11.3 Å². The molecule has 0 fully saturated rings. The Labute approximate surface area is 106 Å². The lowest BCUT2D eigenvalue weighted by Crippen LogP contribution is -2.25. The summed E-state index contributed by atoms with van der Waals surface area (Å²) >= 11 is 0. The van der Waals surface area contributed by atoms with E-state index in [2.05, 4.69) is 11.1 Å². The Bertz CT molecular complexity index is 602. The van der Waals surface area contributed by atoms with Crippen LogP contribution in [0.5, 0.6) is 0 Å². The first kappa shape index (κ1) is 11.2. The fourth-order valence-corrected chi connectivity index (χ4v) is 2.51. The van der Waals surface area contributed by atoms with E-state index in [1.54, 1.807) is 0 Å². The molecular formula is C15H16N2O. The van der Waals surface area contributed by atoms with Gasteiger partial charge in [-0.1, -0.05) is 36.8 Å². The molecule has 0 aliphatic carbocycles. The zero-order valence-electron chi connectivity index (χ0n) is 10.3. The van der Waals surface area contributed by atoms with Gasteiger partial charge in [-0.05, 0) is 25.3 Å². The summed E-state index contributed by atoms with van der Waals surface area (Å²) < 4.78 is 1.83. The first-order valence-corrected chi connectivity index (χ1v) is 6.51. The van der Waals surface area contributed by atoms with Crippen LogP contribution in [0.4, 0.5) is 0 Å². The van der Waals surface area contributed by atoms with Gasteiger partial charge < -0.3 is 0 Å². The second-order valence-corrected chi connectivity index (χ2v) is 4.74. The summed E-state index contributed by atoms with van der Waals surface area (Å²) in [5.74, 6) is 0. The zero-order valence-corrected chi connectivity index (χ0v) is 10.3. The highest BCUT2D eigenvalue weighted by Gasteiger charge is 2.11. The van der Waals surface area contributed by atoms with Gasteiger partial charge in [0.1, 0.15) is 0 Å². The first-order valence-electron chi connectivity index (χ1n) is 6.51. The van der Waals surface area contributed by atoms with Gasteiger partial charge in [-0.2, -0.15) is 4.98 Å². The van der Waals surface area contributed by atoms with Crippen LogP contribution in [0.2, 0.25) is 0 Å². The Hall–Kier alpha value is -1.90. The topological polar surface area (TPSA) is 34.9 Å². The van der Waals surface area contributed by atoms with Crippen molar-refractivity contribution in [2.75, 3.05) is 0 Å². The maximum Gasteiger partial charge on any atom is 0.348 e. The van der Waals surface area contributed by atoms with Crippen LogP contribution in [-0.2, 0) is 13.0 Å². The molecule has 0 atom stereocenters. The third kappa shape index (κ3) is 2.08. The minimum Gasteiger partial charge on any atom is -0.296 e. The molecule has 2 aromatic rings. The Morgan fingerprint density at radius 1 is 1.06 bits per heavy atom. The average molecular weight is 240 g/mol. The van der Waals surface area contributed by atoms with Gasteiger partial charge in [0.05, 0.1) is 5.69 Å². The molecule has 0 saturated carbocycles. The van der Waals surface area contributed by atoms with E-state index in [4.69, 9.17) is 0 Å². The van der Waals surface area contributed by atoms with Gasteiger partial charge in [-0.15, -0.1) is 0 Å². The third-order valence-electron chi connectivity index (χ3n) is 3.48. The van der Waals surface area contributed by atoms with Crippen LogP contribution < -0.4 is 5.69 Å². The molecule has 0 radical (unpaired) electrons. The fraction of sp³-hybridized carbons (Fsp3) is 0.333. The van der Waals surface area contributed by atoms with Gasteiger partial charge in [0.2, 0.25) is 0 Å². The third-order valence-corrected chi connectivity index (χ3v) is 3.48. The smallest absolute Gasteiger partial charge is 0.296 e. The second-order valence-electron chi connectivity index (χ2n) is 4.74. The molecule has 0 N–H and O–H groups in total. The van der Waals surface area contributed by atoms with E-state index in [0.717, 1.165) is 42.8 Å². The van der Waals surface area contributed by atoms with Gasteiger partial charge in [0.15, 0.2) is 0 Å². The minimum atomic E-state index is -0.103. The van der Waals surface area contributed by atoms with Crippen molar-refractivity contribution < 1.29 is 0 Å². The van der Waals surface area contributed by atoms with Gasteiger partial charge in [-0.25, -0.2) is 4.79 Å². The first-order chi connectivity index (χ1) is 8.84. The number of hydrogen-bond acceptors (Lipinski definition) is 2. The van der Waals surface area contributed by atoms with E-state index in [1.807, 2.05) is 34.9 Å². The summed E-state index contributed by atoms with van der Waals surface area (Å²) in [7, 11) is 0. The maximum absolute atomic E-state index is 12.1. The van der Waals surface area contributed by atoms with E-state index in [-0.39, 0.29) is 5.69 Å². The van der Waals surface area contributed by atoms with Crippen LogP contribution in [0.15, 0.2) is 41.2 Å². The maximum atomic E-state index is 12.1. The van der Waals surface area contributed by atoms with Crippen molar-refractivity contribution >= 4 is 0 Å². The number of aryl methyl sites for hydroxylation is 1. The van der Waals surface area contributed by atoms with E-state index >= 15 is 0 Å². The number of aromatic nitrogens is 2. The van der Waals surface area contributed by atoms with Gasteiger partial charge in [0.25, 0.3) is 0 Å². The van der Waals surface area contributed by atoms with Gasteiger partial charge >= 0.3 is 5.69 Å². The molecule has 2 heterocycles. The highest BCUT2D eigenvalue weighted by Crippen LogP contribution is 2.19. The standard InChI is InChI=1S/C15H16N2O/c18-15-16-14(12-7-3-1-4-8-12)11-13-9-5-2-6-10-17(13)15/h1,3-4,7-8,11H,2,5-6,9-10H2. The molecule has 1 aromatic heterocycles. The highest BCUT2D eigenvalue weighted by molar-refractivity contribution is 5.58. The van der Waals surface area contributed by atoms with E-state index < -0.39 is 0 Å². The van der Waals surface area contributed by atoms with Crippen molar-refractivity contribution in [2.24, 2.45) is 0 Å². The number of hydrogen-bond donors (Lipinski definition) is 0. The average Bonchev–Trinajstić information content (AvgIpc) is 2.65. The molecule has 0 spiro atoms. The van der Waals surface area contributed by atoms with Crippen molar-refractivity contribution in [3.05, 3.63) is 52.6 Å². The van der Waals surface area contributed by atoms with Crippen molar-refractivity contribution in [3.63, 3.8) is 0 Å². The summed E-state index contributed by atoms with van der Waals surface area (Å²) in [6.07, 6.45) is 4.43. The minimum absolute atomic E-state index is 0.103. The van der Waals surface area contributed by atoms with Crippen LogP contribution >= 0.6 is 0 Å². The normalized spacial score (nSPS) is 14.9. The highest BCUT2D eigenvalue weighted by atomic mass is 16.1.